The monoisotopic (exact) mass is 285 g/mol. The quantitative estimate of drug-likeness (QED) is 0.617. The van der Waals surface area contributed by atoms with Crippen molar-refractivity contribution in [2.45, 2.75) is 38.1 Å². The van der Waals surface area contributed by atoms with Crippen LogP contribution < -0.4 is 0 Å². The Hall–Kier alpha value is 0.610. The van der Waals surface area contributed by atoms with E-state index in [9.17, 15) is 8.42 Å². The summed E-state index contributed by atoms with van der Waals surface area (Å²) in [7, 11) is -4.10. The molecule has 4 nitrogen and oxygen atoms in total. The van der Waals surface area contributed by atoms with Gasteiger partial charge < -0.3 is 4.72 Å². The fourth-order valence-electron chi connectivity index (χ4n) is 1.37. The van der Waals surface area contributed by atoms with Crippen molar-refractivity contribution in [1.29, 1.82) is 0 Å². The molecule has 76 valence electrons. The predicted octanol–water partition coefficient (Wildman–Crippen LogP) is 1.49. The Bertz CT molecular complexity index is 211. The number of hydrogen-bond donors (Lipinski definition) is 1. The van der Waals surface area contributed by atoms with Crippen LogP contribution in [-0.2, 0) is 32.7 Å². The zero-order chi connectivity index (χ0) is 8.32. The summed E-state index contributed by atoms with van der Waals surface area (Å²) in [5.41, 5.74) is 0. The summed E-state index contributed by atoms with van der Waals surface area (Å²) in [6.45, 7) is 0. The van der Waals surface area contributed by atoms with Crippen molar-refractivity contribution in [3.8, 4) is 0 Å². The van der Waals surface area contributed by atoms with Crippen LogP contribution in [-0.4, -0.2) is 19.0 Å². The molecule has 1 fully saturated rings. The first-order valence-electron chi connectivity index (χ1n) is 3.77. The van der Waals surface area contributed by atoms with E-state index < -0.39 is 10.3 Å². The van der Waals surface area contributed by atoms with Crippen LogP contribution in [0.4, 0.5) is 0 Å². The van der Waals surface area contributed by atoms with E-state index in [0.29, 0.717) is 0 Å². The van der Waals surface area contributed by atoms with Crippen LogP contribution in [0.2, 0.25) is 0 Å². The van der Waals surface area contributed by atoms with Gasteiger partial charge >= 0.3 is 22.4 Å². The number of nitrogens with zero attached hydrogens (tertiary/aromatic N) is 1. The molecule has 6 heteroatoms. The van der Waals surface area contributed by atoms with Crippen molar-refractivity contribution in [2.24, 2.45) is 0 Å². The van der Waals surface area contributed by atoms with Gasteiger partial charge in [0.1, 0.15) is 0 Å². The third-order valence-electron chi connectivity index (χ3n) is 1.86. The summed E-state index contributed by atoms with van der Waals surface area (Å²) in [4.78, 5) is 0. The molecule has 0 amide bonds. The fraction of sp³-hybridized carbons (Fsp3) is 1.00. The first-order chi connectivity index (χ1) is 5.08. The van der Waals surface area contributed by atoms with E-state index in [-0.39, 0.29) is 28.4 Å². The second-order valence-electron chi connectivity index (χ2n) is 2.85. The van der Waals surface area contributed by atoms with E-state index in [0.717, 1.165) is 32.1 Å². The Morgan fingerprint density at radius 3 is 2.08 bits per heavy atom. The molecular formula is C6H12AgNO3S. The largest absolute Gasteiger partial charge is 1.00 e. The molecule has 1 aliphatic carbocycles. The summed E-state index contributed by atoms with van der Waals surface area (Å²) >= 11 is 0. The predicted molar refractivity (Wildman–Crippen MR) is 41.8 cm³/mol. The molecule has 1 saturated carbocycles. The zero-order valence-corrected chi connectivity index (χ0v) is 8.83. The van der Waals surface area contributed by atoms with Gasteiger partial charge in [-0.05, 0) is 0 Å². The van der Waals surface area contributed by atoms with Crippen LogP contribution in [0.1, 0.15) is 32.1 Å². The van der Waals surface area contributed by atoms with E-state index in [1.807, 2.05) is 0 Å². The average molecular weight is 286 g/mol. The van der Waals surface area contributed by atoms with Gasteiger partial charge in [0.15, 0.2) is 10.3 Å². The Morgan fingerprint density at radius 2 is 1.67 bits per heavy atom. The van der Waals surface area contributed by atoms with E-state index in [4.69, 9.17) is 4.55 Å². The molecule has 12 heavy (non-hydrogen) atoms. The second-order valence-corrected chi connectivity index (χ2v) is 3.95. The van der Waals surface area contributed by atoms with Gasteiger partial charge in [0, 0.05) is 0 Å². The normalized spacial score (nSPS) is 20.1. The maximum absolute atomic E-state index is 10.3. The van der Waals surface area contributed by atoms with E-state index >= 15 is 0 Å². The van der Waals surface area contributed by atoms with Crippen LogP contribution in [0.3, 0.4) is 0 Å². The average Bonchev–Trinajstić information content (AvgIpc) is 1.85. The van der Waals surface area contributed by atoms with Crippen LogP contribution >= 0.6 is 0 Å². The summed E-state index contributed by atoms with van der Waals surface area (Å²) < 4.78 is 32.2. The van der Waals surface area contributed by atoms with Crippen molar-refractivity contribution < 1.29 is 35.4 Å². The Balaban J connectivity index is 0.00000121. The minimum atomic E-state index is -4.10. The first kappa shape index (κ1) is 12.6. The van der Waals surface area contributed by atoms with Gasteiger partial charge in [0.25, 0.3) is 0 Å². The number of hydrogen-bond acceptors (Lipinski definition) is 2. The molecule has 0 spiro atoms. The Labute approximate surface area is 88.5 Å². The minimum Gasteiger partial charge on any atom is -0.522 e. The summed E-state index contributed by atoms with van der Waals surface area (Å²) in [5.74, 6) is 0. The third kappa shape index (κ3) is 5.29. The molecule has 0 radical (unpaired) electrons. The van der Waals surface area contributed by atoms with Gasteiger partial charge in [-0.15, -0.1) is 6.04 Å². The summed E-state index contributed by atoms with van der Waals surface area (Å²) in [6.07, 6.45) is 4.77. The molecular weight excluding hydrogens is 274 g/mol. The molecule has 0 aromatic rings. The first-order valence-corrected chi connectivity index (χ1v) is 5.17. The van der Waals surface area contributed by atoms with Gasteiger partial charge in [0.05, 0.1) is 0 Å². The van der Waals surface area contributed by atoms with Crippen molar-refractivity contribution >= 4 is 10.3 Å². The Morgan fingerprint density at radius 1 is 1.17 bits per heavy atom. The molecule has 1 N–H and O–H groups in total. The molecule has 0 saturated heterocycles. The molecule has 1 rings (SSSR count). The van der Waals surface area contributed by atoms with Crippen LogP contribution in [0.5, 0.6) is 0 Å². The molecule has 0 aliphatic heterocycles. The SMILES string of the molecule is O=S(=O)(O)[N-]C1CCCCC1.[Ag+]. The third-order valence-corrected chi connectivity index (χ3v) is 2.42. The smallest absolute Gasteiger partial charge is 0.522 e. The molecule has 0 atom stereocenters. The fourth-order valence-corrected chi connectivity index (χ4v) is 1.96. The van der Waals surface area contributed by atoms with Crippen molar-refractivity contribution in [1.82, 2.24) is 0 Å². The van der Waals surface area contributed by atoms with E-state index in [1.54, 1.807) is 0 Å². The van der Waals surface area contributed by atoms with Crippen LogP contribution in [0.25, 0.3) is 4.72 Å². The standard InChI is InChI=1S/C6H12NO3S.Ag/c8-11(9,10)7-6-4-2-1-3-5-6;/h6H,1-5H2,(H,8,9,10);/q-1;+1. The molecule has 0 heterocycles. The molecule has 0 bridgehead atoms. The summed E-state index contributed by atoms with van der Waals surface area (Å²) in [6, 6.07) is -0.168. The minimum absolute atomic E-state index is 0. The van der Waals surface area contributed by atoms with Gasteiger partial charge in [-0.2, -0.15) is 0 Å². The van der Waals surface area contributed by atoms with Crippen molar-refractivity contribution in [3.63, 3.8) is 0 Å². The van der Waals surface area contributed by atoms with Crippen molar-refractivity contribution in [2.75, 3.05) is 0 Å². The van der Waals surface area contributed by atoms with E-state index in [1.165, 1.54) is 0 Å². The topological polar surface area (TPSA) is 68.5 Å². The number of rotatable bonds is 2. The van der Waals surface area contributed by atoms with Crippen LogP contribution in [0, 0.1) is 0 Å². The van der Waals surface area contributed by atoms with Gasteiger partial charge in [-0.3, -0.25) is 4.55 Å². The maximum atomic E-state index is 10.3. The molecule has 0 aromatic heterocycles. The van der Waals surface area contributed by atoms with Gasteiger partial charge in [-0.1, -0.05) is 32.1 Å². The Kier molecular flexibility index (Phi) is 5.64. The molecule has 1 aliphatic rings. The maximum Gasteiger partial charge on any atom is 1.00 e. The molecule has 0 aromatic carbocycles. The van der Waals surface area contributed by atoms with E-state index in [2.05, 4.69) is 4.72 Å². The second kappa shape index (κ2) is 5.36. The van der Waals surface area contributed by atoms with Crippen LogP contribution in [0.15, 0.2) is 0 Å². The van der Waals surface area contributed by atoms with Crippen molar-refractivity contribution in [3.05, 3.63) is 4.72 Å². The van der Waals surface area contributed by atoms with Gasteiger partial charge in [-0.25, -0.2) is 8.42 Å². The zero-order valence-electron chi connectivity index (χ0n) is 6.53. The molecule has 0 unspecified atom stereocenters. The summed E-state index contributed by atoms with van der Waals surface area (Å²) in [5, 5.41) is 0. The van der Waals surface area contributed by atoms with Gasteiger partial charge in [0.2, 0.25) is 0 Å².